The molecule has 3 rings (SSSR count). The summed E-state index contributed by atoms with van der Waals surface area (Å²) < 4.78 is 27.6. The van der Waals surface area contributed by atoms with Gasteiger partial charge in [0.2, 0.25) is 10.0 Å². The van der Waals surface area contributed by atoms with E-state index in [0.717, 1.165) is 12.8 Å². The van der Waals surface area contributed by atoms with Crippen molar-refractivity contribution in [3.63, 3.8) is 0 Å². The van der Waals surface area contributed by atoms with Gasteiger partial charge in [0.15, 0.2) is 0 Å². The molecule has 0 bridgehead atoms. The predicted molar refractivity (Wildman–Crippen MR) is 95.5 cm³/mol. The van der Waals surface area contributed by atoms with Crippen LogP contribution in [0.2, 0.25) is 0 Å². The van der Waals surface area contributed by atoms with Crippen molar-refractivity contribution in [3.05, 3.63) is 23.8 Å². The Kier molecular flexibility index (Phi) is 5.19. The maximum atomic E-state index is 12.5. The number of aliphatic carboxylic acids is 1. The number of amides is 2. The standard InChI is InChI=1S/C17H23N3O5S/c1-11-4-5-14(9-15(11)26(24,25)19-13-6-7-13)18-17(23)20-8-2-3-12(10-20)16(21)22/h4-5,9,12-13,19H,2-3,6-8,10H2,1H3,(H,18,23)(H,21,22). The van der Waals surface area contributed by atoms with E-state index in [-0.39, 0.29) is 17.5 Å². The molecule has 2 aliphatic rings. The number of nitrogens with one attached hydrogen (secondary N) is 2. The number of hydrogen-bond acceptors (Lipinski definition) is 4. The molecule has 1 unspecified atom stereocenters. The molecule has 1 saturated carbocycles. The summed E-state index contributed by atoms with van der Waals surface area (Å²) in [6.07, 6.45) is 2.87. The Hall–Kier alpha value is -2.13. The first-order valence-corrected chi connectivity index (χ1v) is 10.2. The van der Waals surface area contributed by atoms with E-state index >= 15 is 0 Å². The molecule has 142 valence electrons. The lowest BCUT2D eigenvalue weighted by Gasteiger charge is -2.30. The molecule has 8 nitrogen and oxygen atoms in total. The van der Waals surface area contributed by atoms with Crippen molar-refractivity contribution in [1.82, 2.24) is 9.62 Å². The number of urea groups is 1. The molecule has 0 aromatic heterocycles. The number of rotatable bonds is 5. The number of aryl methyl sites for hydroxylation is 1. The molecule has 0 radical (unpaired) electrons. The first-order chi connectivity index (χ1) is 12.3. The van der Waals surface area contributed by atoms with E-state index in [9.17, 15) is 18.0 Å². The van der Waals surface area contributed by atoms with E-state index in [1.54, 1.807) is 19.1 Å². The van der Waals surface area contributed by atoms with E-state index in [4.69, 9.17) is 5.11 Å². The lowest BCUT2D eigenvalue weighted by atomic mass is 9.99. The van der Waals surface area contributed by atoms with E-state index in [1.165, 1.54) is 11.0 Å². The average molecular weight is 381 g/mol. The Morgan fingerprint density at radius 1 is 1.23 bits per heavy atom. The maximum absolute atomic E-state index is 12.5. The van der Waals surface area contributed by atoms with Gasteiger partial charge in [-0.15, -0.1) is 0 Å². The molecular weight excluding hydrogens is 358 g/mol. The second-order valence-electron chi connectivity index (χ2n) is 6.93. The molecule has 2 fully saturated rings. The molecule has 1 aliphatic heterocycles. The maximum Gasteiger partial charge on any atom is 0.321 e. The van der Waals surface area contributed by atoms with Crippen LogP contribution in [0.3, 0.4) is 0 Å². The fourth-order valence-corrected chi connectivity index (χ4v) is 4.59. The number of anilines is 1. The van der Waals surface area contributed by atoms with Gasteiger partial charge >= 0.3 is 12.0 Å². The predicted octanol–water partition coefficient (Wildman–Crippen LogP) is 1.76. The van der Waals surface area contributed by atoms with E-state index < -0.39 is 27.9 Å². The Morgan fingerprint density at radius 2 is 1.96 bits per heavy atom. The molecule has 1 aromatic carbocycles. The van der Waals surface area contributed by atoms with Crippen LogP contribution in [0.25, 0.3) is 0 Å². The number of carbonyl (C=O) groups excluding carboxylic acids is 1. The van der Waals surface area contributed by atoms with Crippen molar-refractivity contribution in [2.24, 2.45) is 5.92 Å². The molecule has 3 N–H and O–H groups in total. The van der Waals surface area contributed by atoms with Gasteiger partial charge < -0.3 is 15.3 Å². The number of nitrogens with zero attached hydrogens (tertiary/aromatic N) is 1. The summed E-state index contributed by atoms with van der Waals surface area (Å²) in [4.78, 5) is 25.2. The quantitative estimate of drug-likeness (QED) is 0.719. The summed E-state index contributed by atoms with van der Waals surface area (Å²) in [6.45, 7) is 2.34. The molecule has 1 saturated heterocycles. The average Bonchev–Trinajstić information content (AvgIpc) is 3.39. The van der Waals surface area contributed by atoms with Crippen LogP contribution < -0.4 is 10.0 Å². The van der Waals surface area contributed by atoms with Crippen LogP contribution >= 0.6 is 0 Å². The lowest BCUT2D eigenvalue weighted by molar-refractivity contribution is -0.143. The van der Waals surface area contributed by atoms with Gasteiger partial charge in [-0.05, 0) is 50.3 Å². The van der Waals surface area contributed by atoms with Crippen LogP contribution in [-0.4, -0.2) is 49.6 Å². The molecule has 1 heterocycles. The Morgan fingerprint density at radius 3 is 2.62 bits per heavy atom. The van der Waals surface area contributed by atoms with Gasteiger partial charge in [0.1, 0.15) is 0 Å². The van der Waals surface area contributed by atoms with Crippen molar-refractivity contribution < 1.29 is 23.1 Å². The van der Waals surface area contributed by atoms with Gasteiger partial charge in [-0.1, -0.05) is 6.07 Å². The summed E-state index contributed by atoms with van der Waals surface area (Å²) in [5.41, 5.74) is 0.967. The molecule has 1 aromatic rings. The summed E-state index contributed by atoms with van der Waals surface area (Å²) in [5.74, 6) is -1.47. The van der Waals surface area contributed by atoms with E-state index in [0.29, 0.717) is 30.6 Å². The van der Waals surface area contributed by atoms with Crippen molar-refractivity contribution in [3.8, 4) is 0 Å². The van der Waals surface area contributed by atoms with Gasteiger partial charge in [0.25, 0.3) is 0 Å². The van der Waals surface area contributed by atoms with Crippen molar-refractivity contribution >= 4 is 27.7 Å². The summed E-state index contributed by atoms with van der Waals surface area (Å²) in [5, 5.41) is 11.8. The fraction of sp³-hybridized carbons (Fsp3) is 0.529. The van der Waals surface area contributed by atoms with Crippen LogP contribution in [0.15, 0.2) is 23.1 Å². The number of sulfonamides is 1. The van der Waals surface area contributed by atoms with Crippen LogP contribution in [-0.2, 0) is 14.8 Å². The zero-order valence-corrected chi connectivity index (χ0v) is 15.4. The third kappa shape index (κ3) is 4.34. The molecule has 9 heteroatoms. The number of hydrogen-bond donors (Lipinski definition) is 3. The molecular formula is C17H23N3O5S. The second kappa shape index (κ2) is 7.24. The van der Waals surface area contributed by atoms with Crippen LogP contribution in [0.4, 0.5) is 10.5 Å². The summed E-state index contributed by atoms with van der Waals surface area (Å²) >= 11 is 0. The summed E-state index contributed by atoms with van der Waals surface area (Å²) in [7, 11) is -3.62. The van der Waals surface area contributed by atoms with Gasteiger partial charge in [0.05, 0.1) is 10.8 Å². The van der Waals surface area contributed by atoms with Gasteiger partial charge in [-0.2, -0.15) is 0 Å². The normalized spacial score (nSPS) is 20.7. The van der Waals surface area contributed by atoms with Crippen LogP contribution in [0.1, 0.15) is 31.2 Å². The van der Waals surface area contributed by atoms with Crippen molar-refractivity contribution in [2.45, 2.75) is 43.5 Å². The minimum atomic E-state index is -3.62. The van der Waals surface area contributed by atoms with E-state index in [2.05, 4.69) is 10.0 Å². The SMILES string of the molecule is Cc1ccc(NC(=O)N2CCCC(C(=O)O)C2)cc1S(=O)(=O)NC1CC1. The molecule has 2 amide bonds. The molecule has 1 aliphatic carbocycles. The monoisotopic (exact) mass is 381 g/mol. The Labute approximate surface area is 152 Å². The first-order valence-electron chi connectivity index (χ1n) is 8.68. The summed E-state index contributed by atoms with van der Waals surface area (Å²) in [6, 6.07) is 4.31. The highest BCUT2D eigenvalue weighted by atomic mass is 32.2. The first kappa shape index (κ1) is 18.7. The Bertz CT molecular complexity index is 820. The zero-order valence-electron chi connectivity index (χ0n) is 14.6. The van der Waals surface area contributed by atoms with Crippen LogP contribution in [0, 0.1) is 12.8 Å². The van der Waals surface area contributed by atoms with Crippen molar-refractivity contribution in [1.29, 1.82) is 0 Å². The number of carboxylic acids is 1. The van der Waals surface area contributed by atoms with Gasteiger partial charge in [-0.3, -0.25) is 4.79 Å². The van der Waals surface area contributed by atoms with E-state index in [1.807, 2.05) is 0 Å². The lowest BCUT2D eigenvalue weighted by Crippen LogP contribution is -2.44. The highest BCUT2D eigenvalue weighted by Crippen LogP contribution is 2.26. The second-order valence-corrected chi connectivity index (χ2v) is 8.61. The van der Waals surface area contributed by atoms with Crippen molar-refractivity contribution in [2.75, 3.05) is 18.4 Å². The topological polar surface area (TPSA) is 116 Å². The van der Waals surface area contributed by atoms with Gasteiger partial charge in [0, 0.05) is 24.8 Å². The fourth-order valence-electron chi connectivity index (χ4n) is 3.02. The largest absolute Gasteiger partial charge is 0.481 e. The molecule has 1 atom stereocenters. The number of piperidine rings is 1. The van der Waals surface area contributed by atoms with Gasteiger partial charge in [-0.25, -0.2) is 17.9 Å². The number of likely N-dealkylation sites (tertiary alicyclic amines) is 1. The zero-order chi connectivity index (χ0) is 18.9. The minimum Gasteiger partial charge on any atom is -0.481 e. The third-order valence-corrected chi connectivity index (χ3v) is 6.35. The number of benzene rings is 1. The smallest absolute Gasteiger partial charge is 0.321 e. The minimum absolute atomic E-state index is 0.000973. The third-order valence-electron chi connectivity index (χ3n) is 4.69. The highest BCUT2D eigenvalue weighted by Gasteiger charge is 2.30. The van der Waals surface area contributed by atoms with Crippen LogP contribution in [0.5, 0.6) is 0 Å². The molecule has 26 heavy (non-hydrogen) atoms. The highest BCUT2D eigenvalue weighted by molar-refractivity contribution is 7.89. The number of carbonyl (C=O) groups is 2. The number of carboxylic acid groups (broad SMARTS) is 1. The molecule has 0 spiro atoms. The Balaban J connectivity index is 1.72.